The molecule has 3 aromatic rings. The molecule has 0 saturated carbocycles. The molecule has 3 rings (SSSR count). The molecule has 1 amide bonds. The zero-order chi connectivity index (χ0) is 24.7. The number of anilines is 2. The van der Waals surface area contributed by atoms with Crippen LogP contribution in [0.25, 0.3) is 0 Å². The van der Waals surface area contributed by atoms with Crippen molar-refractivity contribution in [2.75, 3.05) is 17.1 Å². The normalized spacial score (nSPS) is 12.9. The van der Waals surface area contributed by atoms with Crippen LogP contribution < -0.4 is 19.5 Å². The third-order valence-corrected chi connectivity index (χ3v) is 6.91. The first-order valence-corrected chi connectivity index (χ1v) is 12.5. The molecule has 0 radical (unpaired) electrons. The number of rotatable bonds is 10. The summed E-state index contributed by atoms with van der Waals surface area (Å²) in [6, 6.07) is 20.2. The second kappa shape index (κ2) is 11.1. The van der Waals surface area contributed by atoms with Crippen molar-refractivity contribution in [1.82, 2.24) is 0 Å². The molecular weight excluding hydrogens is 452 g/mol. The average Bonchev–Trinajstić information content (AvgIpc) is 2.84. The highest BCUT2D eigenvalue weighted by atomic mass is 32.2. The van der Waals surface area contributed by atoms with Gasteiger partial charge in [0.15, 0.2) is 6.10 Å². The van der Waals surface area contributed by atoms with E-state index in [0.717, 1.165) is 12.0 Å². The minimum Gasteiger partial charge on any atom is -0.497 e. The summed E-state index contributed by atoms with van der Waals surface area (Å²) in [6.07, 6.45) is 0.231. The lowest BCUT2D eigenvalue weighted by Crippen LogP contribution is -2.30. The molecule has 0 aromatic heterocycles. The van der Waals surface area contributed by atoms with E-state index in [-0.39, 0.29) is 10.8 Å². The standard InChI is InChI=1S/C26H30N2O5S/c1-5-18(2)24-8-6-7-9-25(24)33-19(3)26(29)27-20-12-16-23(17-13-20)34(30,31)28-21-10-14-22(32-4)15-11-21/h6-19,28H,5H2,1-4H3,(H,27,29). The molecule has 0 spiro atoms. The average molecular weight is 483 g/mol. The maximum Gasteiger partial charge on any atom is 0.265 e. The van der Waals surface area contributed by atoms with Crippen molar-refractivity contribution >= 4 is 27.3 Å². The molecule has 0 bridgehead atoms. The molecule has 34 heavy (non-hydrogen) atoms. The van der Waals surface area contributed by atoms with E-state index < -0.39 is 16.1 Å². The van der Waals surface area contributed by atoms with Gasteiger partial charge in [-0.25, -0.2) is 8.42 Å². The van der Waals surface area contributed by atoms with E-state index in [2.05, 4.69) is 23.9 Å². The fourth-order valence-electron chi connectivity index (χ4n) is 3.29. The Kier molecular flexibility index (Phi) is 8.17. The predicted molar refractivity (Wildman–Crippen MR) is 134 cm³/mol. The first-order chi connectivity index (χ1) is 16.2. The van der Waals surface area contributed by atoms with Crippen LogP contribution in [0.4, 0.5) is 11.4 Å². The fraction of sp³-hybridized carbons (Fsp3) is 0.269. The van der Waals surface area contributed by atoms with Crippen molar-refractivity contribution in [3.63, 3.8) is 0 Å². The topological polar surface area (TPSA) is 93.7 Å². The molecule has 7 nitrogen and oxygen atoms in total. The minimum atomic E-state index is -3.78. The van der Waals surface area contributed by atoms with Crippen LogP contribution in [0.5, 0.6) is 11.5 Å². The fourth-order valence-corrected chi connectivity index (χ4v) is 4.35. The van der Waals surface area contributed by atoms with Gasteiger partial charge in [0.25, 0.3) is 15.9 Å². The van der Waals surface area contributed by atoms with Crippen molar-refractivity contribution < 1.29 is 22.7 Å². The third-order valence-electron chi connectivity index (χ3n) is 5.51. The molecule has 8 heteroatoms. The summed E-state index contributed by atoms with van der Waals surface area (Å²) in [5, 5.41) is 2.77. The van der Waals surface area contributed by atoms with Gasteiger partial charge in [0, 0.05) is 11.4 Å². The van der Waals surface area contributed by atoms with Gasteiger partial charge in [-0.05, 0) is 79.4 Å². The first-order valence-electron chi connectivity index (χ1n) is 11.1. The van der Waals surface area contributed by atoms with E-state index in [1.807, 2.05) is 24.3 Å². The number of carbonyl (C=O) groups is 1. The van der Waals surface area contributed by atoms with Gasteiger partial charge in [0.2, 0.25) is 0 Å². The Morgan fingerprint density at radius 1 is 0.912 bits per heavy atom. The van der Waals surface area contributed by atoms with E-state index in [1.54, 1.807) is 43.3 Å². The largest absolute Gasteiger partial charge is 0.497 e. The van der Waals surface area contributed by atoms with Crippen LogP contribution in [0, 0.1) is 0 Å². The van der Waals surface area contributed by atoms with Crippen LogP contribution in [0.2, 0.25) is 0 Å². The molecule has 0 aliphatic rings. The van der Waals surface area contributed by atoms with Crippen LogP contribution >= 0.6 is 0 Å². The molecule has 0 fully saturated rings. The Labute approximate surface area is 201 Å². The van der Waals surface area contributed by atoms with Gasteiger partial charge in [-0.3, -0.25) is 9.52 Å². The number of para-hydroxylation sites is 1. The Hall–Kier alpha value is -3.52. The van der Waals surface area contributed by atoms with Gasteiger partial charge < -0.3 is 14.8 Å². The summed E-state index contributed by atoms with van der Waals surface area (Å²) >= 11 is 0. The highest BCUT2D eigenvalue weighted by Gasteiger charge is 2.19. The molecule has 0 aliphatic heterocycles. The Morgan fingerprint density at radius 2 is 1.53 bits per heavy atom. The highest BCUT2D eigenvalue weighted by molar-refractivity contribution is 7.92. The molecule has 2 N–H and O–H groups in total. The summed E-state index contributed by atoms with van der Waals surface area (Å²) in [6.45, 7) is 5.90. The molecular formula is C26H30N2O5S. The maximum atomic E-state index is 12.7. The number of nitrogens with one attached hydrogen (secondary N) is 2. The zero-order valence-electron chi connectivity index (χ0n) is 19.7. The van der Waals surface area contributed by atoms with Gasteiger partial charge in [0.05, 0.1) is 12.0 Å². The molecule has 180 valence electrons. The lowest BCUT2D eigenvalue weighted by molar-refractivity contribution is -0.122. The Balaban J connectivity index is 1.64. The molecule has 3 aromatic carbocycles. The van der Waals surface area contributed by atoms with Crippen molar-refractivity contribution in [2.24, 2.45) is 0 Å². The van der Waals surface area contributed by atoms with Crippen molar-refractivity contribution in [3.05, 3.63) is 78.4 Å². The quantitative estimate of drug-likeness (QED) is 0.403. The predicted octanol–water partition coefficient (Wildman–Crippen LogP) is 5.42. The summed E-state index contributed by atoms with van der Waals surface area (Å²) < 4.78 is 38.9. The van der Waals surface area contributed by atoms with Gasteiger partial charge in [-0.2, -0.15) is 0 Å². The Morgan fingerprint density at radius 3 is 2.15 bits per heavy atom. The molecule has 0 aliphatic carbocycles. The van der Waals surface area contributed by atoms with Crippen LogP contribution in [0.3, 0.4) is 0 Å². The van der Waals surface area contributed by atoms with E-state index >= 15 is 0 Å². The molecule has 2 unspecified atom stereocenters. The number of sulfonamides is 1. The summed E-state index contributed by atoms with van der Waals surface area (Å²) in [7, 11) is -2.24. The Bertz CT molecular complexity index is 1210. The van der Waals surface area contributed by atoms with Crippen molar-refractivity contribution in [1.29, 1.82) is 0 Å². The monoisotopic (exact) mass is 482 g/mol. The number of benzene rings is 3. The second-order valence-corrected chi connectivity index (χ2v) is 9.64. The minimum absolute atomic E-state index is 0.0769. The van der Waals surface area contributed by atoms with Crippen LogP contribution in [0.1, 0.15) is 38.7 Å². The molecule has 2 atom stereocenters. The van der Waals surface area contributed by atoms with E-state index in [9.17, 15) is 13.2 Å². The van der Waals surface area contributed by atoms with Gasteiger partial charge >= 0.3 is 0 Å². The van der Waals surface area contributed by atoms with E-state index in [4.69, 9.17) is 9.47 Å². The first kappa shape index (κ1) is 25.1. The van der Waals surface area contributed by atoms with Gasteiger partial charge in [0.1, 0.15) is 11.5 Å². The number of hydrogen-bond donors (Lipinski definition) is 2. The molecule has 0 saturated heterocycles. The third kappa shape index (κ3) is 6.29. The lowest BCUT2D eigenvalue weighted by Gasteiger charge is -2.19. The maximum absolute atomic E-state index is 12.7. The smallest absolute Gasteiger partial charge is 0.265 e. The number of carbonyl (C=O) groups excluding carboxylic acids is 1. The summed E-state index contributed by atoms with van der Waals surface area (Å²) in [5.74, 6) is 1.30. The lowest BCUT2D eigenvalue weighted by atomic mass is 9.98. The number of hydrogen-bond acceptors (Lipinski definition) is 5. The number of methoxy groups -OCH3 is 1. The second-order valence-electron chi connectivity index (χ2n) is 7.95. The van der Waals surface area contributed by atoms with E-state index in [1.165, 1.54) is 19.2 Å². The van der Waals surface area contributed by atoms with Crippen LogP contribution in [-0.2, 0) is 14.8 Å². The van der Waals surface area contributed by atoms with Gasteiger partial charge in [-0.15, -0.1) is 0 Å². The molecule has 0 heterocycles. The SMILES string of the molecule is CCC(C)c1ccccc1OC(C)C(=O)Nc1ccc(S(=O)(=O)Nc2ccc(OC)cc2)cc1. The van der Waals surface area contributed by atoms with E-state index in [0.29, 0.717) is 28.8 Å². The summed E-state index contributed by atoms with van der Waals surface area (Å²) in [4.78, 5) is 12.7. The van der Waals surface area contributed by atoms with Crippen molar-refractivity contribution in [2.45, 2.75) is 44.1 Å². The van der Waals surface area contributed by atoms with Gasteiger partial charge in [-0.1, -0.05) is 32.0 Å². The zero-order valence-corrected chi connectivity index (χ0v) is 20.6. The summed E-state index contributed by atoms with van der Waals surface area (Å²) in [5.41, 5.74) is 1.95. The highest BCUT2D eigenvalue weighted by Crippen LogP contribution is 2.29. The van der Waals surface area contributed by atoms with Crippen LogP contribution in [0.15, 0.2) is 77.7 Å². The van der Waals surface area contributed by atoms with Crippen molar-refractivity contribution in [3.8, 4) is 11.5 Å². The van der Waals surface area contributed by atoms with Crippen LogP contribution in [-0.4, -0.2) is 27.5 Å². The number of ether oxygens (including phenoxy) is 2. The number of amides is 1.